The molecule has 2 heteroatoms. The fraction of sp³-hybridized carbons (Fsp3) is 1.00. The normalized spacial score (nSPS) is 11.3. The van der Waals surface area contributed by atoms with Gasteiger partial charge in [-0.15, -0.1) is 0 Å². The summed E-state index contributed by atoms with van der Waals surface area (Å²) in [5.41, 5.74) is 0. The van der Waals surface area contributed by atoms with E-state index in [0.29, 0.717) is 0 Å². The minimum atomic E-state index is 0. The summed E-state index contributed by atoms with van der Waals surface area (Å²) in [6.45, 7) is 15.0. The first-order chi connectivity index (χ1) is 8.24. The van der Waals surface area contributed by atoms with E-state index in [-0.39, 0.29) is 32.7 Å². The molecule has 0 aromatic heterocycles. The van der Waals surface area contributed by atoms with E-state index in [2.05, 4.69) is 27.7 Å². The van der Waals surface area contributed by atoms with Crippen molar-refractivity contribution in [1.82, 2.24) is 0 Å². The van der Waals surface area contributed by atoms with Crippen LogP contribution in [-0.4, -0.2) is 30.7 Å². The molecule has 0 fully saturated rings. The summed E-state index contributed by atoms with van der Waals surface area (Å²) in [6, 6.07) is 0. The monoisotopic (exact) mass is 331 g/mol. The minimum absolute atomic E-state index is 0. The second-order valence-corrected chi connectivity index (χ2v) is 5.65. The summed E-state index contributed by atoms with van der Waals surface area (Å²) in [5.74, 6) is 0. The second-order valence-electron chi connectivity index (χ2n) is 5.65. The summed E-state index contributed by atoms with van der Waals surface area (Å²) in [7, 11) is 0. The van der Waals surface area contributed by atoms with Gasteiger partial charge < -0.3 is 4.48 Å². The van der Waals surface area contributed by atoms with E-state index in [4.69, 9.17) is 0 Å². The molecule has 0 aromatic rings. The molecule has 1 nitrogen and oxygen atoms in total. The van der Waals surface area contributed by atoms with Crippen LogP contribution in [0.3, 0.4) is 0 Å². The summed E-state index contributed by atoms with van der Waals surface area (Å²) in [5, 5.41) is 0. The van der Waals surface area contributed by atoms with Crippen molar-refractivity contribution in [3.63, 3.8) is 0 Å². The summed E-state index contributed by atoms with van der Waals surface area (Å²) in [6.07, 6.45) is 11.1. The predicted octanol–water partition coefficient (Wildman–Crippen LogP) is 5.00. The fourth-order valence-electron chi connectivity index (χ4n) is 2.64. The molecular weight excluding hydrogens is 295 g/mol. The van der Waals surface area contributed by atoms with Gasteiger partial charge in [0.15, 0.2) is 0 Å². The number of hydrogen-bond donors (Lipinski definition) is 0. The van der Waals surface area contributed by atoms with Crippen LogP contribution in [0.5, 0.6) is 0 Å². The first-order valence-corrected chi connectivity index (χ1v) is 8.09. The predicted molar refractivity (Wildman–Crippen MR) is 79.4 cm³/mol. The summed E-state index contributed by atoms with van der Waals surface area (Å²) in [4.78, 5) is 0. The SMILES string of the molecule is CCCC[N+](CCCC)(CCCC)CCCC.[Y+3]. The van der Waals surface area contributed by atoms with Crippen LogP contribution < -0.4 is 0 Å². The first kappa shape index (κ1) is 21.4. The Balaban J connectivity index is 0. The molecule has 0 rings (SSSR count). The Morgan fingerprint density at radius 2 is 0.722 bits per heavy atom. The molecule has 0 atom stereocenters. The molecule has 0 heterocycles. The van der Waals surface area contributed by atoms with Gasteiger partial charge >= 0.3 is 32.7 Å². The van der Waals surface area contributed by atoms with Crippen LogP contribution in [0.15, 0.2) is 0 Å². The van der Waals surface area contributed by atoms with Gasteiger partial charge in [-0.25, -0.2) is 0 Å². The van der Waals surface area contributed by atoms with Gasteiger partial charge in [-0.1, -0.05) is 53.4 Å². The van der Waals surface area contributed by atoms with Gasteiger partial charge in [0.2, 0.25) is 0 Å². The van der Waals surface area contributed by atoms with Gasteiger partial charge in [-0.05, 0) is 25.7 Å². The Kier molecular flexibility index (Phi) is 17.2. The molecule has 0 aliphatic carbocycles. The van der Waals surface area contributed by atoms with E-state index in [0.717, 1.165) is 0 Å². The molecule has 0 unspecified atom stereocenters. The molecule has 0 aromatic carbocycles. The summed E-state index contributed by atoms with van der Waals surface area (Å²) < 4.78 is 1.42. The van der Waals surface area contributed by atoms with Gasteiger partial charge in [0.1, 0.15) is 0 Å². The number of hydrogen-bond acceptors (Lipinski definition) is 0. The van der Waals surface area contributed by atoms with Crippen molar-refractivity contribution in [3.05, 3.63) is 0 Å². The molecule has 0 saturated carbocycles. The van der Waals surface area contributed by atoms with Crippen LogP contribution in [-0.2, 0) is 32.7 Å². The van der Waals surface area contributed by atoms with Crippen molar-refractivity contribution in [2.45, 2.75) is 79.1 Å². The molecule has 0 amide bonds. The largest absolute Gasteiger partial charge is 3.00 e. The van der Waals surface area contributed by atoms with Crippen LogP contribution in [0.4, 0.5) is 0 Å². The zero-order chi connectivity index (χ0) is 13.0. The van der Waals surface area contributed by atoms with Crippen molar-refractivity contribution in [2.75, 3.05) is 26.2 Å². The molecule has 0 saturated heterocycles. The molecule has 0 aliphatic heterocycles. The standard InChI is InChI=1S/C16H36N.Y/c1-5-9-13-17(14-10-6-2,15-11-7-3)16-12-8-4;/h5-16H2,1-4H3;/q+1;+3. The molecule has 0 N–H and O–H groups in total. The fourth-order valence-corrected chi connectivity index (χ4v) is 2.64. The molecule has 18 heavy (non-hydrogen) atoms. The zero-order valence-electron chi connectivity index (χ0n) is 13.5. The zero-order valence-corrected chi connectivity index (χ0v) is 16.3. The molecule has 104 valence electrons. The molecular formula is C16H36NY+4. The Labute approximate surface area is 142 Å². The molecule has 0 spiro atoms. The van der Waals surface area contributed by atoms with Crippen molar-refractivity contribution in [1.29, 1.82) is 0 Å². The number of nitrogens with zero attached hydrogens (tertiary/aromatic N) is 1. The van der Waals surface area contributed by atoms with Crippen LogP contribution >= 0.6 is 0 Å². The Bertz CT molecular complexity index is 122. The first-order valence-electron chi connectivity index (χ1n) is 8.09. The second kappa shape index (κ2) is 14.5. The number of unbranched alkanes of at least 4 members (excludes halogenated alkanes) is 4. The van der Waals surface area contributed by atoms with E-state index < -0.39 is 0 Å². The smallest absolute Gasteiger partial charge is 0.324 e. The Hall–Kier alpha value is 1.06. The van der Waals surface area contributed by atoms with Crippen LogP contribution in [0.2, 0.25) is 0 Å². The van der Waals surface area contributed by atoms with E-state index in [1.54, 1.807) is 0 Å². The Morgan fingerprint density at radius 3 is 0.889 bits per heavy atom. The van der Waals surface area contributed by atoms with Crippen LogP contribution in [0, 0.1) is 0 Å². The van der Waals surface area contributed by atoms with Crippen molar-refractivity contribution in [3.8, 4) is 0 Å². The number of rotatable bonds is 12. The minimum Gasteiger partial charge on any atom is -0.324 e. The van der Waals surface area contributed by atoms with E-state index in [1.165, 1.54) is 82.0 Å². The maximum absolute atomic E-state index is 2.33. The van der Waals surface area contributed by atoms with Gasteiger partial charge in [-0.3, -0.25) is 0 Å². The van der Waals surface area contributed by atoms with E-state index >= 15 is 0 Å². The van der Waals surface area contributed by atoms with Crippen molar-refractivity contribution in [2.24, 2.45) is 0 Å². The Morgan fingerprint density at radius 1 is 0.500 bits per heavy atom. The van der Waals surface area contributed by atoms with Gasteiger partial charge in [-0.2, -0.15) is 0 Å². The third-order valence-electron chi connectivity index (χ3n) is 3.94. The van der Waals surface area contributed by atoms with Crippen molar-refractivity contribution < 1.29 is 37.2 Å². The third kappa shape index (κ3) is 9.92. The average molecular weight is 331 g/mol. The summed E-state index contributed by atoms with van der Waals surface area (Å²) >= 11 is 0. The van der Waals surface area contributed by atoms with Gasteiger partial charge in [0.25, 0.3) is 0 Å². The maximum Gasteiger partial charge on any atom is 3.00 e. The quantitative estimate of drug-likeness (QED) is 0.441. The molecule has 0 aliphatic rings. The topological polar surface area (TPSA) is 0 Å². The third-order valence-corrected chi connectivity index (χ3v) is 3.94. The van der Waals surface area contributed by atoms with Gasteiger partial charge in [0.05, 0.1) is 26.2 Å². The average Bonchev–Trinajstić information content (AvgIpc) is 2.37. The molecule has 0 radical (unpaired) electrons. The van der Waals surface area contributed by atoms with E-state index in [9.17, 15) is 0 Å². The molecule has 0 bridgehead atoms. The maximum atomic E-state index is 2.33. The number of quaternary nitrogens is 1. The van der Waals surface area contributed by atoms with E-state index in [1.807, 2.05) is 0 Å². The van der Waals surface area contributed by atoms with Crippen molar-refractivity contribution >= 4 is 0 Å². The van der Waals surface area contributed by atoms with Crippen LogP contribution in [0.1, 0.15) is 79.1 Å². The van der Waals surface area contributed by atoms with Crippen LogP contribution in [0.25, 0.3) is 0 Å². The van der Waals surface area contributed by atoms with Gasteiger partial charge in [0, 0.05) is 0 Å².